The van der Waals surface area contributed by atoms with Gasteiger partial charge in [-0.05, 0) is 25.3 Å². The van der Waals surface area contributed by atoms with Gasteiger partial charge in [0.2, 0.25) is 0 Å². The van der Waals surface area contributed by atoms with E-state index in [2.05, 4.69) is 84.7 Å². The Morgan fingerprint density at radius 3 is 2.36 bits per heavy atom. The molecule has 3 atom stereocenters. The van der Waals surface area contributed by atoms with Crippen LogP contribution in [0.2, 0.25) is 0 Å². The van der Waals surface area contributed by atoms with Crippen molar-refractivity contribution in [3.63, 3.8) is 0 Å². The second-order valence-electron chi connectivity index (χ2n) is 9.52. The van der Waals surface area contributed by atoms with E-state index in [1.165, 1.54) is 17.0 Å². The smallest absolute Gasteiger partial charge is 0.0423 e. The van der Waals surface area contributed by atoms with Gasteiger partial charge in [0.15, 0.2) is 0 Å². The molecule has 3 unspecified atom stereocenters. The highest BCUT2D eigenvalue weighted by atomic mass is 14.9. The van der Waals surface area contributed by atoms with Gasteiger partial charge in [0, 0.05) is 40.2 Å². The number of nitrogens with zero attached hydrogens (tertiary/aromatic N) is 1. The van der Waals surface area contributed by atoms with Crippen LogP contribution in [-0.2, 0) is 0 Å². The van der Waals surface area contributed by atoms with E-state index in [9.17, 15) is 0 Å². The molecule has 2 heteroatoms. The Bertz CT molecular complexity index is 617. The van der Waals surface area contributed by atoms with Crippen molar-refractivity contribution in [2.75, 3.05) is 0 Å². The van der Waals surface area contributed by atoms with E-state index in [-0.39, 0.29) is 10.8 Å². The van der Waals surface area contributed by atoms with Crippen molar-refractivity contribution in [3.05, 3.63) is 48.2 Å². The molecule has 0 amide bonds. The third-order valence-corrected chi connectivity index (χ3v) is 5.05. The van der Waals surface area contributed by atoms with Gasteiger partial charge in [0.05, 0.1) is 0 Å². The van der Waals surface area contributed by atoms with Crippen molar-refractivity contribution < 1.29 is 0 Å². The number of hydrogen-bond donors (Lipinski definition) is 1. The highest BCUT2D eigenvalue weighted by Crippen LogP contribution is 2.38. The molecule has 2 rings (SSSR count). The van der Waals surface area contributed by atoms with Crippen LogP contribution in [0.3, 0.4) is 0 Å². The molecule has 0 fully saturated rings. The molecule has 2 nitrogen and oxygen atoms in total. The largest absolute Gasteiger partial charge is 0.304 e. The minimum absolute atomic E-state index is 0.0809. The van der Waals surface area contributed by atoms with Gasteiger partial charge in [0.1, 0.15) is 0 Å². The van der Waals surface area contributed by atoms with Gasteiger partial charge in [-0.1, -0.05) is 71.9 Å². The summed E-state index contributed by atoms with van der Waals surface area (Å²) in [6.45, 7) is 19.6. The Labute approximate surface area is 154 Å². The number of rotatable bonds is 4. The van der Waals surface area contributed by atoms with E-state index < -0.39 is 0 Å². The van der Waals surface area contributed by atoms with Crippen molar-refractivity contribution in [2.24, 2.45) is 21.7 Å². The van der Waals surface area contributed by atoms with Crippen LogP contribution in [0.25, 0.3) is 0 Å². The van der Waals surface area contributed by atoms with E-state index in [1.807, 2.05) is 6.08 Å². The van der Waals surface area contributed by atoms with E-state index in [4.69, 9.17) is 4.99 Å². The molecule has 0 saturated heterocycles. The van der Waals surface area contributed by atoms with Crippen LogP contribution < -0.4 is 5.32 Å². The zero-order valence-electron chi connectivity index (χ0n) is 17.2. The Hall–Kier alpha value is -1.41. The van der Waals surface area contributed by atoms with Crippen LogP contribution in [0.5, 0.6) is 0 Å². The molecule has 1 heterocycles. The van der Waals surface area contributed by atoms with Crippen molar-refractivity contribution in [1.82, 2.24) is 5.32 Å². The minimum atomic E-state index is 0.0809. The summed E-state index contributed by atoms with van der Waals surface area (Å²) < 4.78 is 0. The van der Waals surface area contributed by atoms with E-state index >= 15 is 0 Å². The maximum Gasteiger partial charge on any atom is 0.0423 e. The highest BCUT2D eigenvalue weighted by molar-refractivity contribution is 5.91. The van der Waals surface area contributed by atoms with Crippen LogP contribution in [0, 0.1) is 16.7 Å². The molecule has 0 spiro atoms. The summed E-state index contributed by atoms with van der Waals surface area (Å²) in [6, 6.07) is 0.744. The maximum atomic E-state index is 5.04. The molecule has 25 heavy (non-hydrogen) atoms. The second-order valence-corrected chi connectivity index (χ2v) is 9.52. The van der Waals surface area contributed by atoms with E-state index in [1.54, 1.807) is 0 Å². The molecule has 2 aliphatic rings. The molecule has 1 N–H and O–H groups in total. The summed E-state index contributed by atoms with van der Waals surface area (Å²) >= 11 is 0. The molecule has 138 valence electrons. The average molecular weight is 341 g/mol. The van der Waals surface area contributed by atoms with Crippen molar-refractivity contribution in [3.8, 4) is 0 Å². The van der Waals surface area contributed by atoms with Crippen molar-refractivity contribution in [1.29, 1.82) is 0 Å². The first-order valence-electron chi connectivity index (χ1n) is 9.58. The molecule has 1 aliphatic heterocycles. The van der Waals surface area contributed by atoms with Gasteiger partial charge in [0.25, 0.3) is 0 Å². The van der Waals surface area contributed by atoms with Crippen LogP contribution >= 0.6 is 0 Å². The lowest BCUT2D eigenvalue weighted by Crippen LogP contribution is -2.34. The summed E-state index contributed by atoms with van der Waals surface area (Å²) in [6.07, 6.45) is 13.4. The van der Waals surface area contributed by atoms with Crippen LogP contribution in [-0.4, -0.2) is 17.8 Å². The van der Waals surface area contributed by atoms with Gasteiger partial charge >= 0.3 is 0 Å². The lowest BCUT2D eigenvalue weighted by Gasteiger charge is -2.34. The summed E-state index contributed by atoms with van der Waals surface area (Å²) in [5.41, 5.74) is 4.18. The summed E-state index contributed by atoms with van der Waals surface area (Å²) in [5.74, 6) is 0.440. The average Bonchev–Trinajstić information content (AvgIpc) is 2.53. The zero-order chi connectivity index (χ0) is 18.8. The first-order valence-corrected chi connectivity index (χ1v) is 9.58. The Balaban J connectivity index is 2.20. The Morgan fingerprint density at radius 1 is 1.20 bits per heavy atom. The predicted molar refractivity (Wildman–Crippen MR) is 111 cm³/mol. The molecule has 0 aromatic heterocycles. The first-order chi connectivity index (χ1) is 11.5. The lowest BCUT2D eigenvalue weighted by molar-refractivity contribution is 0.476. The molecule has 0 bridgehead atoms. The molecular formula is C23H36N2. The van der Waals surface area contributed by atoms with E-state index in [0.29, 0.717) is 18.0 Å². The molecular weight excluding hydrogens is 304 g/mol. The predicted octanol–water partition coefficient (Wildman–Crippen LogP) is 5.84. The topological polar surface area (TPSA) is 24.4 Å². The standard InChI is InChI=1S/C23H36N2/c1-9-16(2)24-19-12-10-17(11-13-19)18-14-20(22(3,4)5)25-21(15-18)23(6,7)8/h9-12,14,16,18-19,24H,1,13,15H2,2-8H3. The highest BCUT2D eigenvalue weighted by Gasteiger charge is 2.30. The van der Waals surface area contributed by atoms with Crippen molar-refractivity contribution >= 4 is 5.71 Å². The number of aliphatic imine (C=N–C) groups is 1. The number of hydrogen-bond acceptors (Lipinski definition) is 2. The van der Waals surface area contributed by atoms with Crippen LogP contribution in [0.4, 0.5) is 0 Å². The van der Waals surface area contributed by atoms with E-state index in [0.717, 1.165) is 12.8 Å². The van der Waals surface area contributed by atoms with Gasteiger partial charge in [-0.25, -0.2) is 0 Å². The fourth-order valence-electron chi connectivity index (χ4n) is 3.23. The molecule has 0 saturated carbocycles. The fraction of sp³-hybridized carbons (Fsp3) is 0.609. The van der Waals surface area contributed by atoms with Gasteiger partial charge < -0.3 is 5.32 Å². The fourth-order valence-corrected chi connectivity index (χ4v) is 3.23. The molecule has 0 aromatic rings. The zero-order valence-corrected chi connectivity index (χ0v) is 17.2. The van der Waals surface area contributed by atoms with Crippen molar-refractivity contribution in [2.45, 2.75) is 73.4 Å². The number of nitrogens with one attached hydrogen (secondary N) is 1. The quantitative estimate of drug-likeness (QED) is 0.639. The Kier molecular flexibility index (Phi) is 5.93. The van der Waals surface area contributed by atoms with Gasteiger partial charge in [-0.15, -0.1) is 6.58 Å². The summed E-state index contributed by atoms with van der Waals surface area (Å²) in [4.78, 5) is 5.04. The van der Waals surface area contributed by atoms with Gasteiger partial charge in [-0.3, -0.25) is 4.99 Å². The number of allylic oxidation sites excluding steroid dienone is 4. The third-order valence-electron chi connectivity index (χ3n) is 5.05. The molecule has 1 aliphatic carbocycles. The molecule has 0 aromatic carbocycles. The Morgan fingerprint density at radius 2 is 1.88 bits per heavy atom. The lowest BCUT2D eigenvalue weighted by atomic mass is 9.76. The SMILES string of the molecule is C=CC(C)NC1C=CC(C2C=C(C(C)(C)C)N=C(C(C)(C)C)C2)=CC1. The summed E-state index contributed by atoms with van der Waals surface area (Å²) in [5, 5.41) is 3.57. The first kappa shape index (κ1) is 19.9. The second kappa shape index (κ2) is 7.45. The minimum Gasteiger partial charge on any atom is -0.304 e. The van der Waals surface area contributed by atoms with Crippen LogP contribution in [0.1, 0.15) is 61.3 Å². The normalized spacial score (nSPS) is 25.8. The summed E-state index contributed by atoms with van der Waals surface area (Å²) in [7, 11) is 0. The monoisotopic (exact) mass is 340 g/mol. The van der Waals surface area contributed by atoms with Crippen LogP contribution in [0.15, 0.2) is 53.2 Å². The third kappa shape index (κ3) is 5.28. The maximum absolute atomic E-state index is 5.04. The molecule has 0 radical (unpaired) electrons. The van der Waals surface area contributed by atoms with Gasteiger partial charge in [-0.2, -0.15) is 0 Å².